The van der Waals surface area contributed by atoms with Crippen LogP contribution >= 0.6 is 0 Å². The number of rotatable bonds is 4. The minimum Gasteiger partial charge on any atom is -0.497 e. The van der Waals surface area contributed by atoms with Gasteiger partial charge >= 0.3 is 0 Å². The maximum absolute atomic E-state index is 11.5. The molecule has 86 valence electrons. The lowest BCUT2D eigenvalue weighted by molar-refractivity contribution is -0.122. The van der Waals surface area contributed by atoms with Crippen molar-refractivity contribution in [3.05, 3.63) is 29.8 Å². The van der Waals surface area contributed by atoms with Gasteiger partial charge in [-0.1, -0.05) is 12.1 Å². The number of likely N-dealkylation sites (N-methyl/N-ethyl adjacent to an activating group) is 1. The highest BCUT2D eigenvalue weighted by Gasteiger charge is 2.45. The highest BCUT2D eigenvalue weighted by molar-refractivity contribution is 5.83. The first-order valence-electron chi connectivity index (χ1n) is 5.33. The number of methoxy groups -OCH3 is 1. The van der Waals surface area contributed by atoms with Crippen LogP contribution in [-0.2, 0) is 9.53 Å². The van der Waals surface area contributed by atoms with E-state index in [1.54, 1.807) is 7.11 Å². The molecule has 1 saturated heterocycles. The van der Waals surface area contributed by atoms with Crippen molar-refractivity contribution >= 4 is 5.91 Å². The normalized spacial score (nSPS) is 22.6. The summed E-state index contributed by atoms with van der Waals surface area (Å²) in [4.78, 5) is 11.5. The largest absolute Gasteiger partial charge is 0.497 e. The van der Waals surface area contributed by atoms with E-state index in [2.05, 4.69) is 5.32 Å². The molecule has 1 heterocycles. The van der Waals surface area contributed by atoms with E-state index >= 15 is 0 Å². The summed E-state index contributed by atoms with van der Waals surface area (Å²) in [5.41, 5.74) is 1.01. The molecule has 2 atom stereocenters. The van der Waals surface area contributed by atoms with E-state index in [1.165, 1.54) is 0 Å². The number of nitrogens with one attached hydrogen (secondary N) is 1. The maximum atomic E-state index is 11.5. The molecule has 0 saturated carbocycles. The van der Waals surface area contributed by atoms with Crippen LogP contribution in [0.4, 0.5) is 0 Å². The zero-order valence-electron chi connectivity index (χ0n) is 9.40. The first-order chi connectivity index (χ1) is 7.76. The Morgan fingerprint density at radius 2 is 2.12 bits per heavy atom. The van der Waals surface area contributed by atoms with Crippen molar-refractivity contribution in [3.8, 4) is 5.75 Å². The van der Waals surface area contributed by atoms with Gasteiger partial charge in [0, 0.05) is 6.54 Å². The standard InChI is InChI=1S/C12H15NO3/c1-3-13-12(14)11-10(16-11)8-4-6-9(15-2)7-5-8/h4-7,10-11H,3H2,1-2H3,(H,13,14)/t10-,11+/m0/s1. The summed E-state index contributed by atoms with van der Waals surface area (Å²) in [5, 5.41) is 2.74. The Bertz CT molecular complexity index is 374. The molecule has 1 fully saturated rings. The number of carbonyl (C=O) groups excluding carboxylic acids is 1. The van der Waals surface area contributed by atoms with Crippen LogP contribution in [0.3, 0.4) is 0 Å². The number of hydrogen-bond acceptors (Lipinski definition) is 3. The molecule has 1 N–H and O–H groups in total. The van der Waals surface area contributed by atoms with Crippen molar-refractivity contribution in [2.24, 2.45) is 0 Å². The molecule has 1 amide bonds. The summed E-state index contributed by atoms with van der Waals surface area (Å²) in [5.74, 6) is 0.766. The monoisotopic (exact) mass is 221 g/mol. The van der Waals surface area contributed by atoms with Gasteiger partial charge in [0.1, 0.15) is 11.9 Å². The van der Waals surface area contributed by atoms with Crippen LogP contribution in [0.25, 0.3) is 0 Å². The second-order valence-corrected chi connectivity index (χ2v) is 3.65. The van der Waals surface area contributed by atoms with Gasteiger partial charge in [0.2, 0.25) is 0 Å². The molecule has 16 heavy (non-hydrogen) atoms. The van der Waals surface area contributed by atoms with Crippen molar-refractivity contribution < 1.29 is 14.3 Å². The second-order valence-electron chi connectivity index (χ2n) is 3.65. The summed E-state index contributed by atoms with van der Waals surface area (Å²) in [6.07, 6.45) is -0.425. The van der Waals surface area contributed by atoms with Crippen LogP contribution < -0.4 is 10.1 Å². The summed E-state index contributed by atoms with van der Waals surface area (Å²) in [6, 6.07) is 7.57. The molecule has 0 aromatic heterocycles. The summed E-state index contributed by atoms with van der Waals surface area (Å²) < 4.78 is 10.4. The van der Waals surface area contributed by atoms with E-state index in [1.807, 2.05) is 31.2 Å². The van der Waals surface area contributed by atoms with Crippen molar-refractivity contribution in [2.45, 2.75) is 19.1 Å². The van der Waals surface area contributed by atoms with Gasteiger partial charge in [-0.15, -0.1) is 0 Å². The molecule has 0 spiro atoms. The second kappa shape index (κ2) is 4.53. The van der Waals surface area contributed by atoms with E-state index in [4.69, 9.17) is 9.47 Å². The number of hydrogen-bond donors (Lipinski definition) is 1. The highest BCUT2D eigenvalue weighted by atomic mass is 16.6. The Morgan fingerprint density at radius 1 is 1.44 bits per heavy atom. The number of epoxide rings is 1. The average molecular weight is 221 g/mol. The molecule has 4 heteroatoms. The minimum atomic E-state index is -0.326. The first-order valence-corrected chi connectivity index (χ1v) is 5.33. The van der Waals surface area contributed by atoms with E-state index in [9.17, 15) is 4.79 Å². The Balaban J connectivity index is 1.97. The van der Waals surface area contributed by atoms with Gasteiger partial charge in [-0.3, -0.25) is 4.79 Å². The molecule has 1 aromatic rings. The molecular weight excluding hydrogens is 206 g/mol. The molecule has 0 unspecified atom stereocenters. The van der Waals surface area contributed by atoms with Crippen molar-refractivity contribution in [3.63, 3.8) is 0 Å². The van der Waals surface area contributed by atoms with Crippen LogP contribution in [-0.4, -0.2) is 25.7 Å². The highest BCUT2D eigenvalue weighted by Crippen LogP contribution is 2.39. The fourth-order valence-electron chi connectivity index (χ4n) is 1.63. The fraction of sp³-hybridized carbons (Fsp3) is 0.417. The Labute approximate surface area is 94.6 Å². The van der Waals surface area contributed by atoms with Gasteiger partial charge in [0.05, 0.1) is 7.11 Å². The SMILES string of the molecule is CCNC(=O)[C@@H]1O[C@H]1c1ccc(OC)cc1. The molecule has 0 bridgehead atoms. The molecule has 1 aliphatic heterocycles. The van der Waals surface area contributed by atoms with Crippen LogP contribution in [0.5, 0.6) is 5.75 Å². The lowest BCUT2D eigenvalue weighted by Gasteiger charge is -2.00. The molecule has 1 aromatic carbocycles. The minimum absolute atomic E-state index is 0.0386. The predicted octanol–water partition coefficient (Wildman–Crippen LogP) is 1.27. The van der Waals surface area contributed by atoms with Crippen molar-refractivity contribution in [1.82, 2.24) is 5.32 Å². The van der Waals surface area contributed by atoms with Crippen molar-refractivity contribution in [1.29, 1.82) is 0 Å². The number of amides is 1. The van der Waals surface area contributed by atoms with Gasteiger partial charge in [0.15, 0.2) is 6.10 Å². The van der Waals surface area contributed by atoms with Crippen LogP contribution in [0.15, 0.2) is 24.3 Å². The van der Waals surface area contributed by atoms with Gasteiger partial charge < -0.3 is 14.8 Å². The lowest BCUT2D eigenvalue weighted by atomic mass is 10.1. The zero-order valence-corrected chi connectivity index (χ0v) is 9.40. The van der Waals surface area contributed by atoms with Gasteiger partial charge in [-0.2, -0.15) is 0 Å². The predicted molar refractivity (Wildman–Crippen MR) is 59.3 cm³/mol. The van der Waals surface area contributed by atoms with E-state index in [0.29, 0.717) is 6.54 Å². The Hall–Kier alpha value is -1.55. The third-order valence-electron chi connectivity index (χ3n) is 2.55. The quantitative estimate of drug-likeness (QED) is 0.779. The Morgan fingerprint density at radius 3 is 2.69 bits per heavy atom. The fourth-order valence-corrected chi connectivity index (χ4v) is 1.63. The molecule has 2 rings (SSSR count). The van der Waals surface area contributed by atoms with Crippen LogP contribution in [0.1, 0.15) is 18.6 Å². The number of benzene rings is 1. The van der Waals surface area contributed by atoms with E-state index in [0.717, 1.165) is 11.3 Å². The van der Waals surface area contributed by atoms with Gasteiger partial charge in [-0.05, 0) is 24.6 Å². The molecule has 0 radical (unpaired) electrons. The average Bonchev–Trinajstić information content (AvgIpc) is 3.09. The van der Waals surface area contributed by atoms with Gasteiger partial charge in [0.25, 0.3) is 5.91 Å². The summed E-state index contributed by atoms with van der Waals surface area (Å²) >= 11 is 0. The maximum Gasteiger partial charge on any atom is 0.252 e. The number of carbonyl (C=O) groups is 1. The number of ether oxygens (including phenoxy) is 2. The summed E-state index contributed by atoms with van der Waals surface area (Å²) in [7, 11) is 1.63. The zero-order chi connectivity index (χ0) is 11.5. The van der Waals surface area contributed by atoms with E-state index < -0.39 is 0 Å². The molecular formula is C12H15NO3. The van der Waals surface area contributed by atoms with E-state index in [-0.39, 0.29) is 18.1 Å². The topological polar surface area (TPSA) is 50.9 Å². The van der Waals surface area contributed by atoms with Gasteiger partial charge in [-0.25, -0.2) is 0 Å². The smallest absolute Gasteiger partial charge is 0.252 e. The molecule has 4 nitrogen and oxygen atoms in total. The van der Waals surface area contributed by atoms with Crippen LogP contribution in [0, 0.1) is 0 Å². The Kier molecular flexibility index (Phi) is 3.10. The third kappa shape index (κ3) is 2.17. The molecule has 0 aliphatic carbocycles. The third-order valence-corrected chi connectivity index (χ3v) is 2.55. The van der Waals surface area contributed by atoms with Crippen LogP contribution in [0.2, 0.25) is 0 Å². The summed E-state index contributed by atoms with van der Waals surface area (Å²) in [6.45, 7) is 2.52. The molecule has 1 aliphatic rings. The lowest BCUT2D eigenvalue weighted by Crippen LogP contribution is -2.27. The van der Waals surface area contributed by atoms with Crippen molar-refractivity contribution in [2.75, 3.05) is 13.7 Å². The first kappa shape index (κ1) is 11.0.